The minimum absolute atomic E-state index is 0.175. The minimum atomic E-state index is -2.48. The fraction of sp³-hybridized carbons (Fsp3) is 0.375. The smallest absolute Gasteiger partial charge is 0.272 e. The average molecular weight is 353 g/mol. The molecule has 2 aromatic rings. The summed E-state index contributed by atoms with van der Waals surface area (Å²) in [5, 5.41) is 3.14. The van der Waals surface area contributed by atoms with Crippen LogP contribution in [0.2, 0.25) is 0 Å². The van der Waals surface area contributed by atoms with E-state index in [4.69, 9.17) is 10.5 Å². The summed E-state index contributed by atoms with van der Waals surface area (Å²) in [7, 11) is 0. The largest absolute Gasteiger partial charge is 0.485 e. The van der Waals surface area contributed by atoms with E-state index in [1.165, 1.54) is 24.8 Å². The average Bonchev–Trinajstić information content (AvgIpc) is 2.54. The van der Waals surface area contributed by atoms with E-state index in [1.54, 1.807) is 12.3 Å². The zero-order valence-corrected chi connectivity index (χ0v) is 14.2. The molecule has 2 heterocycles. The topological polar surface area (TPSA) is 103 Å². The maximum atomic E-state index is 12.0. The van der Waals surface area contributed by atoms with Crippen molar-refractivity contribution in [2.45, 2.75) is 32.7 Å². The van der Waals surface area contributed by atoms with Gasteiger partial charge in [0.2, 0.25) is 0 Å². The second-order valence-corrected chi connectivity index (χ2v) is 5.90. The van der Waals surface area contributed by atoms with Gasteiger partial charge in [-0.15, -0.1) is 0 Å². The lowest BCUT2D eigenvalue weighted by Gasteiger charge is -2.23. The number of anilines is 1. The second-order valence-electron chi connectivity index (χ2n) is 5.90. The van der Waals surface area contributed by atoms with E-state index in [1.807, 2.05) is 20.8 Å². The summed E-state index contributed by atoms with van der Waals surface area (Å²) in [5.74, 6) is -0.159. The number of alkyl halides is 2. The van der Waals surface area contributed by atoms with Crippen LogP contribution < -0.4 is 15.8 Å². The van der Waals surface area contributed by atoms with Crippen molar-refractivity contribution in [2.75, 3.05) is 11.9 Å². The molecule has 0 aliphatic carbocycles. The van der Waals surface area contributed by atoms with Gasteiger partial charge in [-0.2, -0.15) is 0 Å². The van der Waals surface area contributed by atoms with Crippen LogP contribution in [0.1, 0.15) is 31.3 Å². The van der Waals surface area contributed by atoms with Crippen molar-refractivity contribution < 1.29 is 18.3 Å². The molecule has 0 fully saturated rings. The first-order valence-electron chi connectivity index (χ1n) is 7.38. The summed E-state index contributed by atoms with van der Waals surface area (Å²) in [4.78, 5) is 21.5. The van der Waals surface area contributed by atoms with E-state index < -0.39 is 18.9 Å². The number of carbonyl (C=O) groups is 1. The normalized spacial score (nSPS) is 10.6. The molecule has 7 nitrogen and oxygen atoms in total. The Hall–Kier alpha value is -2.84. The summed E-state index contributed by atoms with van der Waals surface area (Å²) in [6.07, 6.45) is 4.81. The SMILES string of the molecule is CC(C)(C)Nc1cnccc1OCC(F)F.NC(=O)c1cnccn1. The van der Waals surface area contributed by atoms with Crippen molar-refractivity contribution in [3.8, 4) is 5.75 Å². The summed E-state index contributed by atoms with van der Waals surface area (Å²) in [6, 6.07) is 1.57. The predicted octanol–water partition coefficient (Wildman–Crippen LogP) is 2.51. The van der Waals surface area contributed by atoms with Crippen molar-refractivity contribution in [1.29, 1.82) is 0 Å². The first-order valence-corrected chi connectivity index (χ1v) is 7.38. The Morgan fingerprint density at radius 2 is 1.92 bits per heavy atom. The van der Waals surface area contributed by atoms with Crippen LogP contribution in [0.5, 0.6) is 5.75 Å². The van der Waals surface area contributed by atoms with Gasteiger partial charge in [0.05, 0.1) is 18.1 Å². The van der Waals surface area contributed by atoms with E-state index >= 15 is 0 Å². The molecule has 0 aromatic carbocycles. The molecule has 0 aliphatic heterocycles. The summed E-state index contributed by atoms with van der Waals surface area (Å²) >= 11 is 0. The highest BCUT2D eigenvalue weighted by Crippen LogP contribution is 2.25. The van der Waals surface area contributed by atoms with Crippen molar-refractivity contribution in [2.24, 2.45) is 5.73 Å². The number of nitrogens with two attached hydrogens (primary N) is 1. The van der Waals surface area contributed by atoms with Crippen LogP contribution in [0.4, 0.5) is 14.5 Å². The van der Waals surface area contributed by atoms with Gasteiger partial charge in [0, 0.05) is 30.2 Å². The second kappa shape index (κ2) is 9.45. The molecule has 136 valence electrons. The van der Waals surface area contributed by atoms with Gasteiger partial charge in [-0.3, -0.25) is 14.8 Å². The Labute approximate surface area is 144 Å². The van der Waals surface area contributed by atoms with Crippen molar-refractivity contribution in [1.82, 2.24) is 15.0 Å². The maximum absolute atomic E-state index is 12.0. The first kappa shape index (κ1) is 20.2. The Kier molecular flexibility index (Phi) is 7.64. The van der Waals surface area contributed by atoms with Gasteiger partial charge >= 0.3 is 0 Å². The molecule has 2 rings (SSSR count). The predicted molar refractivity (Wildman–Crippen MR) is 89.7 cm³/mol. The molecule has 2 aromatic heterocycles. The maximum Gasteiger partial charge on any atom is 0.272 e. The lowest BCUT2D eigenvalue weighted by Crippen LogP contribution is -2.26. The van der Waals surface area contributed by atoms with Crippen LogP contribution in [-0.2, 0) is 0 Å². The molecule has 0 aliphatic rings. The molecule has 0 saturated carbocycles. The fourth-order valence-electron chi connectivity index (χ4n) is 1.58. The third-order valence-electron chi connectivity index (χ3n) is 2.47. The molecular weight excluding hydrogens is 332 g/mol. The van der Waals surface area contributed by atoms with Gasteiger partial charge in [-0.05, 0) is 20.8 Å². The van der Waals surface area contributed by atoms with Crippen molar-refractivity contribution >= 4 is 11.6 Å². The lowest BCUT2D eigenvalue weighted by atomic mass is 10.1. The van der Waals surface area contributed by atoms with Gasteiger partial charge in [-0.25, -0.2) is 13.8 Å². The monoisotopic (exact) mass is 353 g/mol. The van der Waals surface area contributed by atoms with E-state index in [9.17, 15) is 13.6 Å². The third-order valence-corrected chi connectivity index (χ3v) is 2.47. The van der Waals surface area contributed by atoms with Crippen LogP contribution in [0, 0.1) is 0 Å². The standard InChI is InChI=1S/C11H16F2N2O.C5H5N3O/c1-11(2,3)15-8-6-14-5-4-9(8)16-7-10(12)13;6-5(9)4-3-7-1-2-8-4/h4-6,10,15H,7H2,1-3H3;1-3H,(H2,6,9). The number of aromatic nitrogens is 3. The van der Waals surface area contributed by atoms with Crippen LogP contribution in [0.25, 0.3) is 0 Å². The van der Waals surface area contributed by atoms with Gasteiger partial charge < -0.3 is 15.8 Å². The summed E-state index contributed by atoms with van der Waals surface area (Å²) in [6.45, 7) is 5.30. The molecule has 0 atom stereocenters. The molecular formula is C16H21F2N5O2. The molecule has 25 heavy (non-hydrogen) atoms. The number of hydrogen-bond acceptors (Lipinski definition) is 6. The minimum Gasteiger partial charge on any atom is -0.485 e. The quantitative estimate of drug-likeness (QED) is 0.856. The van der Waals surface area contributed by atoms with Crippen LogP contribution in [0.3, 0.4) is 0 Å². The van der Waals surface area contributed by atoms with Crippen LogP contribution >= 0.6 is 0 Å². The summed E-state index contributed by atoms with van der Waals surface area (Å²) in [5.41, 5.74) is 5.51. The van der Waals surface area contributed by atoms with E-state index in [0.29, 0.717) is 11.4 Å². The molecule has 0 saturated heterocycles. The number of primary amides is 1. The number of ether oxygens (including phenoxy) is 1. The lowest BCUT2D eigenvalue weighted by molar-refractivity contribution is 0.0821. The first-order chi connectivity index (χ1) is 11.7. The molecule has 0 radical (unpaired) electrons. The number of carbonyl (C=O) groups excluding carboxylic acids is 1. The third kappa shape index (κ3) is 8.54. The summed E-state index contributed by atoms with van der Waals surface area (Å²) < 4.78 is 29.0. The molecule has 3 N–H and O–H groups in total. The zero-order valence-electron chi connectivity index (χ0n) is 14.2. The zero-order chi connectivity index (χ0) is 18.9. The van der Waals surface area contributed by atoms with E-state index in [2.05, 4.69) is 20.3 Å². The van der Waals surface area contributed by atoms with Crippen LogP contribution in [-0.4, -0.2) is 39.4 Å². The van der Waals surface area contributed by atoms with Gasteiger partial charge in [-0.1, -0.05) is 0 Å². The number of rotatable bonds is 5. The number of halogens is 2. The molecule has 9 heteroatoms. The van der Waals surface area contributed by atoms with Crippen molar-refractivity contribution in [3.05, 3.63) is 42.7 Å². The van der Waals surface area contributed by atoms with E-state index in [-0.39, 0.29) is 11.2 Å². The fourth-order valence-corrected chi connectivity index (χ4v) is 1.58. The van der Waals surface area contributed by atoms with Gasteiger partial charge in [0.1, 0.15) is 18.1 Å². The molecule has 0 bridgehead atoms. The van der Waals surface area contributed by atoms with Gasteiger partial charge in [0.15, 0.2) is 0 Å². The van der Waals surface area contributed by atoms with Gasteiger partial charge in [0.25, 0.3) is 12.3 Å². The highest BCUT2D eigenvalue weighted by Gasteiger charge is 2.14. The number of hydrogen-bond donors (Lipinski definition) is 2. The Morgan fingerprint density at radius 3 is 2.40 bits per heavy atom. The highest BCUT2D eigenvalue weighted by molar-refractivity contribution is 5.90. The molecule has 0 unspecified atom stereocenters. The number of nitrogens with one attached hydrogen (secondary N) is 1. The van der Waals surface area contributed by atoms with Crippen LogP contribution in [0.15, 0.2) is 37.1 Å². The molecule has 0 spiro atoms. The number of nitrogens with zero attached hydrogens (tertiary/aromatic N) is 3. The highest BCUT2D eigenvalue weighted by atomic mass is 19.3. The molecule has 1 amide bonds. The Bertz CT molecular complexity index is 663. The van der Waals surface area contributed by atoms with Crippen molar-refractivity contribution in [3.63, 3.8) is 0 Å². The Balaban J connectivity index is 0.000000293. The van der Waals surface area contributed by atoms with E-state index in [0.717, 1.165) is 0 Å². The number of amides is 1. The number of pyridine rings is 1. The Morgan fingerprint density at radius 1 is 1.24 bits per heavy atom.